The van der Waals surface area contributed by atoms with Crippen LogP contribution in [0.15, 0.2) is 24.4 Å². The Morgan fingerprint density at radius 3 is 2.19 bits per heavy atom. The Bertz CT molecular complexity index is 1270. The summed E-state index contributed by atoms with van der Waals surface area (Å²) in [5, 5.41) is 0.941. The molecule has 3 rings (SSSR count). The summed E-state index contributed by atoms with van der Waals surface area (Å²) in [6.45, 7) is 22.8. The summed E-state index contributed by atoms with van der Waals surface area (Å²) in [5.41, 5.74) is -0.288. The van der Waals surface area contributed by atoms with E-state index in [4.69, 9.17) is 29.4 Å². The van der Waals surface area contributed by atoms with E-state index in [1.54, 1.807) is 25.7 Å². The summed E-state index contributed by atoms with van der Waals surface area (Å²) in [6.07, 6.45) is 0.424. The number of carbonyl (C=O) groups excluding carboxylic acids is 2. The molecule has 1 fully saturated rings. The van der Waals surface area contributed by atoms with Gasteiger partial charge in [-0.15, -0.1) is 4.68 Å². The van der Waals surface area contributed by atoms with Gasteiger partial charge in [-0.2, -0.15) is 4.68 Å². The molecule has 3 atom stereocenters. The number of carbonyl (C=O) groups is 2. The van der Waals surface area contributed by atoms with Crippen molar-refractivity contribution in [2.24, 2.45) is 12.9 Å². The van der Waals surface area contributed by atoms with Crippen LogP contribution in [0, 0.1) is 0 Å². The Hall–Kier alpha value is -2.67. The van der Waals surface area contributed by atoms with Crippen LogP contribution in [0.4, 0.5) is 4.79 Å². The summed E-state index contributed by atoms with van der Waals surface area (Å²) in [4.78, 5) is 32.1. The number of esters is 1. The molecule has 0 aliphatic carbocycles. The first-order valence-electron chi connectivity index (χ1n) is 14.5. The standard InChI is InChI=1S/C30H51N4O7Si/c1-28(2,3)38-26(35)25(40-31)19-37-21-13-14-22-20(15-21)16-34(32(22)10)23-17-33(27(36)39-29(4,5)6)18-24(23)41-42(11,12)30(7,8)9/h13-16,23-25H,17-19,31H2,1-12H3/q+1/t23-,24+,25+/m1/s1. The van der Waals surface area contributed by atoms with Gasteiger partial charge in [0.15, 0.2) is 8.32 Å². The number of aryl methyl sites for hydroxylation is 1. The predicted molar refractivity (Wildman–Crippen MR) is 162 cm³/mol. The Labute approximate surface area is 251 Å². The van der Waals surface area contributed by atoms with Gasteiger partial charge in [0, 0.05) is 0 Å². The van der Waals surface area contributed by atoms with Crippen LogP contribution in [-0.2, 0) is 30.6 Å². The van der Waals surface area contributed by atoms with Crippen molar-refractivity contribution in [1.29, 1.82) is 0 Å². The molecule has 0 bridgehead atoms. The van der Waals surface area contributed by atoms with Gasteiger partial charge < -0.3 is 18.6 Å². The molecule has 1 amide bonds. The first kappa shape index (κ1) is 33.8. The minimum Gasteiger partial charge on any atom is -0.490 e. The maximum atomic E-state index is 13.1. The van der Waals surface area contributed by atoms with E-state index in [1.165, 1.54) is 0 Å². The van der Waals surface area contributed by atoms with Crippen molar-refractivity contribution in [3.05, 3.63) is 24.4 Å². The number of amides is 1. The fourth-order valence-corrected chi connectivity index (χ4v) is 5.89. The molecule has 0 unspecified atom stereocenters. The van der Waals surface area contributed by atoms with E-state index in [1.807, 2.05) is 52.2 Å². The molecular formula is C30H51N4O7Si+. The molecule has 1 aliphatic rings. The Morgan fingerprint density at radius 1 is 1.02 bits per heavy atom. The third kappa shape index (κ3) is 8.24. The van der Waals surface area contributed by atoms with Crippen molar-refractivity contribution in [1.82, 2.24) is 9.58 Å². The quantitative estimate of drug-likeness (QED) is 0.200. The normalized spacial score (nSPS) is 19.2. The largest absolute Gasteiger partial charge is 0.490 e. The first-order valence-corrected chi connectivity index (χ1v) is 17.4. The number of benzene rings is 1. The molecule has 1 aliphatic heterocycles. The molecule has 236 valence electrons. The second-order valence-corrected chi connectivity index (χ2v) is 19.3. The number of fused-ring (bicyclic) bond motifs is 1. The average Bonchev–Trinajstić information content (AvgIpc) is 3.36. The SMILES string of the molecule is Cn1c2ccc(OC[C@H](ON)C(=O)OC(C)(C)C)cc2c[n+]1[C@@H]1CN(C(=O)OC(C)(C)C)C[C@@H]1O[Si](C)(C)C(C)(C)C. The highest BCUT2D eigenvalue weighted by molar-refractivity contribution is 6.74. The van der Waals surface area contributed by atoms with Gasteiger partial charge in [0.2, 0.25) is 18.3 Å². The van der Waals surface area contributed by atoms with Gasteiger partial charge in [-0.3, -0.25) is 9.74 Å². The van der Waals surface area contributed by atoms with E-state index in [0.29, 0.717) is 18.8 Å². The lowest BCUT2D eigenvalue weighted by Gasteiger charge is -2.38. The Morgan fingerprint density at radius 2 is 1.64 bits per heavy atom. The third-order valence-corrected chi connectivity index (χ3v) is 12.2. The van der Waals surface area contributed by atoms with Crippen LogP contribution in [0.2, 0.25) is 18.1 Å². The molecule has 0 spiro atoms. The predicted octanol–water partition coefficient (Wildman–Crippen LogP) is 4.63. The van der Waals surface area contributed by atoms with Gasteiger partial charge in [-0.25, -0.2) is 15.5 Å². The van der Waals surface area contributed by atoms with Crippen molar-refractivity contribution in [2.45, 2.75) is 110 Å². The van der Waals surface area contributed by atoms with Crippen LogP contribution in [0.25, 0.3) is 10.9 Å². The number of nitrogens with zero attached hydrogens (tertiary/aromatic N) is 3. The maximum Gasteiger partial charge on any atom is 0.410 e. The zero-order chi connectivity index (χ0) is 31.8. The van der Waals surface area contributed by atoms with Gasteiger partial charge >= 0.3 is 12.1 Å². The lowest BCUT2D eigenvalue weighted by atomic mass is 10.2. The van der Waals surface area contributed by atoms with Crippen molar-refractivity contribution >= 4 is 31.3 Å². The summed E-state index contributed by atoms with van der Waals surface area (Å²) < 4.78 is 28.1. The van der Waals surface area contributed by atoms with Gasteiger partial charge in [0.05, 0.1) is 25.5 Å². The van der Waals surface area contributed by atoms with Crippen molar-refractivity contribution < 1.29 is 37.7 Å². The topological polar surface area (TPSA) is 118 Å². The van der Waals surface area contributed by atoms with Gasteiger partial charge in [0.1, 0.15) is 35.2 Å². The van der Waals surface area contributed by atoms with Crippen LogP contribution in [-0.4, -0.2) is 73.1 Å². The number of rotatable bonds is 8. The highest BCUT2D eigenvalue weighted by atomic mass is 28.4. The maximum absolute atomic E-state index is 13.1. The van der Waals surface area contributed by atoms with Crippen LogP contribution in [0.1, 0.15) is 68.4 Å². The summed E-state index contributed by atoms with van der Waals surface area (Å²) in [6, 6.07) is 5.56. The number of hydrogen-bond acceptors (Lipinski definition) is 8. The number of hydrogen-bond donors (Lipinski definition) is 1. The highest BCUT2D eigenvalue weighted by Gasteiger charge is 2.49. The van der Waals surface area contributed by atoms with E-state index < -0.39 is 31.6 Å². The molecule has 0 saturated carbocycles. The minimum absolute atomic E-state index is 0.0110. The molecule has 2 N–H and O–H groups in total. The molecule has 1 aromatic carbocycles. The molecular weight excluding hydrogens is 556 g/mol. The fraction of sp³-hybridized carbons (Fsp3) is 0.700. The molecule has 1 saturated heterocycles. The summed E-state index contributed by atoms with van der Waals surface area (Å²) in [5.74, 6) is 5.32. The van der Waals surface area contributed by atoms with Gasteiger partial charge in [-0.05, 0) is 77.9 Å². The molecule has 11 nitrogen and oxygen atoms in total. The van der Waals surface area contributed by atoms with Crippen molar-refractivity contribution in [2.75, 3.05) is 19.7 Å². The third-order valence-electron chi connectivity index (χ3n) is 7.68. The van der Waals surface area contributed by atoms with E-state index in [0.717, 1.165) is 10.9 Å². The summed E-state index contributed by atoms with van der Waals surface area (Å²) in [7, 11) is -0.163. The molecule has 0 radical (unpaired) electrons. The molecule has 42 heavy (non-hydrogen) atoms. The number of aromatic nitrogens is 2. The number of nitrogens with two attached hydrogens (primary N) is 1. The highest BCUT2D eigenvalue weighted by Crippen LogP contribution is 2.39. The molecule has 2 aromatic rings. The van der Waals surface area contributed by atoms with E-state index in [-0.39, 0.29) is 29.9 Å². The molecule has 12 heteroatoms. The van der Waals surface area contributed by atoms with E-state index >= 15 is 0 Å². The Kier molecular flexibility index (Phi) is 9.78. The van der Waals surface area contributed by atoms with Gasteiger partial charge in [-0.1, -0.05) is 20.8 Å². The van der Waals surface area contributed by atoms with Crippen LogP contribution in [0.5, 0.6) is 5.75 Å². The summed E-state index contributed by atoms with van der Waals surface area (Å²) >= 11 is 0. The van der Waals surface area contributed by atoms with Gasteiger partial charge in [0.25, 0.3) is 0 Å². The number of ether oxygens (including phenoxy) is 3. The zero-order valence-corrected chi connectivity index (χ0v) is 28.4. The number of likely N-dealkylation sites (tertiary alicyclic amines) is 1. The Balaban J connectivity index is 1.88. The molecule has 2 heterocycles. The lowest BCUT2D eigenvalue weighted by Crippen LogP contribution is -2.54. The fourth-order valence-electron chi connectivity index (χ4n) is 4.55. The zero-order valence-electron chi connectivity index (χ0n) is 27.4. The van der Waals surface area contributed by atoms with E-state index in [9.17, 15) is 9.59 Å². The lowest BCUT2D eigenvalue weighted by molar-refractivity contribution is -0.795. The first-order chi connectivity index (χ1) is 19.1. The molecule has 1 aromatic heterocycles. The van der Waals surface area contributed by atoms with Crippen LogP contribution < -0.4 is 15.3 Å². The average molecular weight is 608 g/mol. The van der Waals surface area contributed by atoms with Crippen molar-refractivity contribution in [3.63, 3.8) is 0 Å². The van der Waals surface area contributed by atoms with Crippen LogP contribution >= 0.6 is 0 Å². The monoisotopic (exact) mass is 607 g/mol. The smallest absolute Gasteiger partial charge is 0.410 e. The second-order valence-electron chi connectivity index (χ2n) is 14.6. The van der Waals surface area contributed by atoms with Crippen molar-refractivity contribution in [3.8, 4) is 5.75 Å². The van der Waals surface area contributed by atoms with E-state index in [2.05, 4.69) is 43.2 Å². The van der Waals surface area contributed by atoms with Crippen LogP contribution in [0.3, 0.4) is 0 Å². The minimum atomic E-state index is -2.15. The second kappa shape index (κ2) is 12.1.